The maximum atomic E-state index is 13.3. The summed E-state index contributed by atoms with van der Waals surface area (Å²) < 4.78 is 54.3. The summed E-state index contributed by atoms with van der Waals surface area (Å²) >= 11 is 0. The molecule has 1 heterocycles. The van der Waals surface area contributed by atoms with Crippen molar-refractivity contribution >= 4 is 12.0 Å². The molecule has 1 aliphatic rings. The molecule has 0 saturated carbocycles. The van der Waals surface area contributed by atoms with Crippen LogP contribution in [0.2, 0.25) is 0 Å². The molecule has 0 spiro atoms. The van der Waals surface area contributed by atoms with Crippen molar-refractivity contribution in [2.24, 2.45) is 0 Å². The zero-order valence-corrected chi connectivity index (χ0v) is 11.0. The van der Waals surface area contributed by atoms with Gasteiger partial charge in [0, 0.05) is 12.7 Å². The van der Waals surface area contributed by atoms with Crippen molar-refractivity contribution in [3.8, 4) is 11.5 Å². The third kappa shape index (κ3) is 2.21. The fourth-order valence-corrected chi connectivity index (χ4v) is 2.05. The van der Waals surface area contributed by atoms with E-state index in [0.717, 1.165) is 13.2 Å². The molecule has 0 bridgehead atoms. The molecule has 5 nitrogen and oxygen atoms in total. The molecule has 1 aliphatic heterocycles. The lowest BCUT2D eigenvalue weighted by Gasteiger charge is -2.37. The lowest BCUT2D eigenvalue weighted by atomic mass is 9.97. The van der Waals surface area contributed by atoms with Crippen LogP contribution >= 0.6 is 0 Å². The number of aliphatic carboxylic acids is 1. The van der Waals surface area contributed by atoms with Crippen LogP contribution in [0.1, 0.15) is 5.56 Å². The Bertz CT molecular complexity index is 608. The second-order valence-electron chi connectivity index (χ2n) is 4.16. The molecule has 21 heavy (non-hydrogen) atoms. The summed E-state index contributed by atoms with van der Waals surface area (Å²) in [6.45, 7) is 0. The van der Waals surface area contributed by atoms with Gasteiger partial charge in [-0.05, 0) is 12.1 Å². The van der Waals surface area contributed by atoms with Gasteiger partial charge in [-0.25, -0.2) is 4.79 Å². The highest BCUT2D eigenvalue weighted by Crippen LogP contribution is 2.48. The topological polar surface area (TPSA) is 65.0 Å². The van der Waals surface area contributed by atoms with Crippen molar-refractivity contribution < 1.29 is 37.3 Å². The Kier molecular flexibility index (Phi) is 3.58. The van der Waals surface area contributed by atoms with Gasteiger partial charge in [0.1, 0.15) is 5.57 Å². The molecule has 0 saturated heterocycles. The average Bonchev–Trinajstić information content (AvgIpc) is 2.43. The SMILES string of the molecule is COc1cccc2c1OC(OC)(C(F)(F)F)C(C(=O)O)=C2. The van der Waals surface area contributed by atoms with Crippen LogP contribution in [0.15, 0.2) is 23.8 Å². The van der Waals surface area contributed by atoms with Crippen LogP contribution in [-0.4, -0.2) is 37.3 Å². The van der Waals surface area contributed by atoms with Gasteiger partial charge < -0.3 is 19.3 Å². The van der Waals surface area contributed by atoms with Gasteiger partial charge in [0.05, 0.1) is 7.11 Å². The first-order chi connectivity index (χ1) is 9.76. The molecule has 1 atom stereocenters. The zero-order chi connectivity index (χ0) is 15.8. The average molecular weight is 304 g/mol. The summed E-state index contributed by atoms with van der Waals surface area (Å²) in [7, 11) is 1.99. The lowest BCUT2D eigenvalue weighted by molar-refractivity contribution is -0.326. The molecule has 0 aromatic heterocycles. The highest BCUT2D eigenvalue weighted by atomic mass is 19.4. The Hall–Kier alpha value is -2.22. The molecule has 0 amide bonds. The second-order valence-corrected chi connectivity index (χ2v) is 4.16. The number of hydrogen-bond donors (Lipinski definition) is 1. The van der Waals surface area contributed by atoms with E-state index in [1.807, 2.05) is 0 Å². The number of halogens is 3. The number of carbonyl (C=O) groups is 1. The first kappa shape index (κ1) is 15.2. The van der Waals surface area contributed by atoms with Crippen LogP contribution in [0.3, 0.4) is 0 Å². The van der Waals surface area contributed by atoms with Gasteiger partial charge >= 0.3 is 17.9 Å². The van der Waals surface area contributed by atoms with Crippen LogP contribution in [0.25, 0.3) is 6.08 Å². The molecule has 0 radical (unpaired) electrons. The zero-order valence-electron chi connectivity index (χ0n) is 11.0. The van der Waals surface area contributed by atoms with Gasteiger partial charge in [0.2, 0.25) is 0 Å². The van der Waals surface area contributed by atoms with E-state index in [4.69, 9.17) is 14.6 Å². The number of ether oxygens (including phenoxy) is 3. The molecule has 8 heteroatoms. The standard InChI is InChI=1S/C13H11F3O5/c1-19-9-5-3-4-7-6-8(11(17)18)12(20-2,13(14,15)16)21-10(7)9/h3-6H,1-2H3,(H,17,18). The van der Waals surface area contributed by atoms with E-state index in [1.54, 1.807) is 0 Å². The molecular formula is C13H11F3O5. The Labute approximate surface area is 117 Å². The minimum Gasteiger partial charge on any atom is -0.493 e. The van der Waals surface area contributed by atoms with Crippen molar-refractivity contribution in [2.75, 3.05) is 14.2 Å². The molecule has 0 aliphatic carbocycles. The molecular weight excluding hydrogens is 293 g/mol. The van der Waals surface area contributed by atoms with Crippen molar-refractivity contribution in [1.29, 1.82) is 0 Å². The van der Waals surface area contributed by atoms with E-state index in [-0.39, 0.29) is 17.1 Å². The third-order valence-electron chi connectivity index (χ3n) is 3.02. The van der Waals surface area contributed by atoms with Gasteiger partial charge in [0.15, 0.2) is 11.5 Å². The van der Waals surface area contributed by atoms with Crippen molar-refractivity contribution in [3.63, 3.8) is 0 Å². The van der Waals surface area contributed by atoms with E-state index in [1.165, 1.54) is 25.3 Å². The molecule has 1 unspecified atom stereocenters. The van der Waals surface area contributed by atoms with Gasteiger partial charge in [-0.1, -0.05) is 12.1 Å². The largest absolute Gasteiger partial charge is 0.493 e. The highest BCUT2D eigenvalue weighted by Gasteiger charge is 2.65. The van der Waals surface area contributed by atoms with Crippen LogP contribution in [0.4, 0.5) is 13.2 Å². The Morgan fingerprint density at radius 3 is 2.48 bits per heavy atom. The second kappa shape index (κ2) is 4.96. The minimum absolute atomic E-state index is 0.0406. The predicted molar refractivity (Wildman–Crippen MR) is 65.0 cm³/mol. The molecule has 0 fully saturated rings. The maximum absolute atomic E-state index is 13.3. The number of methoxy groups -OCH3 is 2. The molecule has 1 aromatic rings. The van der Waals surface area contributed by atoms with Crippen LogP contribution in [-0.2, 0) is 9.53 Å². The number of para-hydroxylation sites is 1. The van der Waals surface area contributed by atoms with Crippen LogP contribution < -0.4 is 9.47 Å². The van der Waals surface area contributed by atoms with Gasteiger partial charge in [0.25, 0.3) is 0 Å². The first-order valence-corrected chi connectivity index (χ1v) is 5.70. The minimum atomic E-state index is -5.09. The van der Waals surface area contributed by atoms with E-state index in [0.29, 0.717) is 0 Å². The summed E-state index contributed by atoms with van der Waals surface area (Å²) in [4.78, 5) is 11.2. The molecule has 2 rings (SSSR count). The molecule has 1 N–H and O–H groups in total. The Morgan fingerprint density at radius 1 is 1.33 bits per heavy atom. The quantitative estimate of drug-likeness (QED) is 0.929. The van der Waals surface area contributed by atoms with Gasteiger partial charge in [-0.2, -0.15) is 13.2 Å². The van der Waals surface area contributed by atoms with Gasteiger partial charge in [-0.15, -0.1) is 0 Å². The van der Waals surface area contributed by atoms with E-state index in [2.05, 4.69) is 4.74 Å². The molecule has 114 valence electrons. The fourth-order valence-electron chi connectivity index (χ4n) is 2.05. The smallest absolute Gasteiger partial charge is 0.460 e. The summed E-state index contributed by atoms with van der Waals surface area (Å²) in [5.41, 5.74) is -0.901. The number of carboxylic acids is 1. The van der Waals surface area contributed by atoms with Gasteiger partial charge in [-0.3, -0.25) is 0 Å². The van der Waals surface area contributed by atoms with E-state index < -0.39 is 23.5 Å². The summed E-state index contributed by atoms with van der Waals surface area (Å²) in [6, 6.07) is 4.32. The highest BCUT2D eigenvalue weighted by molar-refractivity contribution is 5.96. The normalized spacial score (nSPS) is 21.1. The van der Waals surface area contributed by atoms with Crippen molar-refractivity contribution in [3.05, 3.63) is 29.3 Å². The molecule has 1 aromatic carbocycles. The first-order valence-electron chi connectivity index (χ1n) is 5.70. The van der Waals surface area contributed by atoms with Crippen molar-refractivity contribution in [1.82, 2.24) is 0 Å². The maximum Gasteiger partial charge on any atom is 0.460 e. The summed E-state index contributed by atoms with van der Waals surface area (Å²) in [6.07, 6.45) is -4.23. The number of carboxylic acid groups (broad SMARTS) is 1. The summed E-state index contributed by atoms with van der Waals surface area (Å²) in [5.74, 6) is -5.37. The lowest BCUT2D eigenvalue weighted by Crippen LogP contribution is -2.56. The van der Waals surface area contributed by atoms with Crippen LogP contribution in [0.5, 0.6) is 11.5 Å². The Balaban J connectivity index is 2.73. The number of hydrogen-bond acceptors (Lipinski definition) is 4. The number of benzene rings is 1. The fraction of sp³-hybridized carbons (Fsp3) is 0.308. The van der Waals surface area contributed by atoms with Crippen molar-refractivity contribution in [2.45, 2.75) is 12.0 Å². The predicted octanol–water partition coefficient (Wildman–Crippen LogP) is 2.46. The Morgan fingerprint density at radius 2 is 2.00 bits per heavy atom. The number of rotatable bonds is 3. The number of alkyl halides is 3. The van der Waals surface area contributed by atoms with Crippen LogP contribution in [0, 0.1) is 0 Å². The monoisotopic (exact) mass is 304 g/mol. The summed E-state index contributed by atoms with van der Waals surface area (Å²) in [5, 5.41) is 9.06. The van der Waals surface area contributed by atoms with E-state index in [9.17, 15) is 18.0 Å². The number of fused-ring (bicyclic) bond motifs is 1. The third-order valence-corrected chi connectivity index (χ3v) is 3.02. The van der Waals surface area contributed by atoms with E-state index >= 15 is 0 Å².